The third-order valence-corrected chi connectivity index (χ3v) is 6.23. The summed E-state index contributed by atoms with van der Waals surface area (Å²) in [5.41, 5.74) is 3.40. The minimum absolute atomic E-state index is 0.0796. The highest BCUT2D eigenvalue weighted by Crippen LogP contribution is 2.32. The van der Waals surface area contributed by atoms with E-state index < -0.39 is 30.3 Å². The molecule has 192 valence electrons. The molecule has 0 saturated carbocycles. The summed E-state index contributed by atoms with van der Waals surface area (Å²) >= 11 is 0. The molecular formula is C29H23F3N4O2. The molecule has 0 saturated heterocycles. The van der Waals surface area contributed by atoms with Gasteiger partial charge >= 0.3 is 0 Å². The number of carbonyl (C=O) groups is 1. The summed E-state index contributed by atoms with van der Waals surface area (Å²) in [6, 6.07) is 16.4. The van der Waals surface area contributed by atoms with E-state index in [1.54, 1.807) is 43.5 Å². The van der Waals surface area contributed by atoms with Crippen molar-refractivity contribution in [2.45, 2.75) is 31.9 Å². The molecule has 3 heterocycles. The predicted molar refractivity (Wildman–Crippen MR) is 136 cm³/mol. The number of aromatic nitrogens is 2. The number of amides is 1. The molecule has 0 fully saturated rings. The highest BCUT2D eigenvalue weighted by Gasteiger charge is 2.28. The first-order valence-corrected chi connectivity index (χ1v) is 11.9. The lowest BCUT2D eigenvalue weighted by Gasteiger charge is -2.19. The number of rotatable bonds is 7. The Hall–Kier alpha value is -4.53. The van der Waals surface area contributed by atoms with Gasteiger partial charge in [-0.25, -0.2) is 13.2 Å². The van der Waals surface area contributed by atoms with Crippen LogP contribution >= 0.6 is 0 Å². The zero-order valence-corrected chi connectivity index (χ0v) is 20.3. The number of pyridine rings is 2. The number of aryl methyl sites for hydroxylation is 1. The van der Waals surface area contributed by atoms with Gasteiger partial charge in [-0.2, -0.15) is 0 Å². The fourth-order valence-electron chi connectivity index (χ4n) is 4.28. The summed E-state index contributed by atoms with van der Waals surface area (Å²) in [6.07, 6.45) is 1.48. The summed E-state index contributed by atoms with van der Waals surface area (Å²) < 4.78 is 42.7. The SMILES string of the molecule is Cc1ccc(-c2cc(C(=O)NC(c3cccnc3)C(F)F)cc(C3=NOC(c4ccccn4)C3)c2)c(F)c1. The van der Waals surface area contributed by atoms with E-state index >= 15 is 0 Å². The monoisotopic (exact) mass is 516 g/mol. The lowest BCUT2D eigenvalue weighted by molar-refractivity contribution is 0.0743. The van der Waals surface area contributed by atoms with E-state index in [1.807, 2.05) is 12.1 Å². The molecule has 0 aliphatic carbocycles. The number of benzene rings is 2. The standard InChI is InChI=1S/C29H23F3N4O2/c1-17-7-8-22(23(30)11-17)19-12-20(25-15-26(38-36-25)24-6-2-3-10-34-24)14-21(13-19)29(37)35-27(28(31)32)18-5-4-9-33-16-18/h2-14,16,26-28H,15H2,1H3,(H,35,37). The Bertz CT molecular complexity index is 1480. The molecule has 1 N–H and O–H groups in total. The van der Waals surface area contributed by atoms with Crippen molar-refractivity contribution in [3.05, 3.63) is 119 Å². The largest absolute Gasteiger partial charge is 0.385 e. The number of nitrogens with zero attached hydrogens (tertiary/aromatic N) is 3. The molecule has 2 unspecified atom stereocenters. The molecule has 2 atom stereocenters. The number of hydrogen-bond acceptors (Lipinski definition) is 5. The number of nitrogens with one attached hydrogen (secondary N) is 1. The van der Waals surface area contributed by atoms with E-state index in [2.05, 4.69) is 20.4 Å². The van der Waals surface area contributed by atoms with E-state index in [-0.39, 0.29) is 16.7 Å². The first-order valence-electron chi connectivity index (χ1n) is 11.9. The van der Waals surface area contributed by atoms with Crippen LogP contribution in [0.1, 0.15) is 51.3 Å². The molecule has 4 aromatic rings. The van der Waals surface area contributed by atoms with Crippen LogP contribution in [-0.2, 0) is 4.84 Å². The van der Waals surface area contributed by atoms with Gasteiger partial charge in [0.2, 0.25) is 0 Å². The number of alkyl halides is 2. The van der Waals surface area contributed by atoms with Crippen LogP contribution in [0.25, 0.3) is 11.1 Å². The van der Waals surface area contributed by atoms with E-state index in [0.29, 0.717) is 29.0 Å². The zero-order chi connectivity index (χ0) is 26.6. The van der Waals surface area contributed by atoms with Crippen molar-refractivity contribution >= 4 is 11.6 Å². The van der Waals surface area contributed by atoms with Crippen LogP contribution in [0.15, 0.2) is 90.5 Å². The molecule has 1 aliphatic rings. The number of carbonyl (C=O) groups excluding carboxylic acids is 1. The Morgan fingerprint density at radius 3 is 2.58 bits per heavy atom. The molecule has 2 aromatic heterocycles. The summed E-state index contributed by atoms with van der Waals surface area (Å²) in [5.74, 6) is -1.21. The van der Waals surface area contributed by atoms with E-state index in [9.17, 15) is 18.0 Å². The number of oxime groups is 1. The first-order chi connectivity index (χ1) is 18.4. The average Bonchev–Trinajstić information content (AvgIpc) is 3.43. The lowest BCUT2D eigenvalue weighted by atomic mass is 9.94. The minimum atomic E-state index is -2.87. The van der Waals surface area contributed by atoms with Crippen molar-refractivity contribution < 1.29 is 22.8 Å². The third kappa shape index (κ3) is 5.41. The quantitative estimate of drug-likeness (QED) is 0.318. The van der Waals surface area contributed by atoms with Gasteiger partial charge in [0.05, 0.1) is 11.4 Å². The van der Waals surface area contributed by atoms with Crippen LogP contribution < -0.4 is 5.32 Å². The third-order valence-electron chi connectivity index (χ3n) is 6.23. The Morgan fingerprint density at radius 2 is 1.87 bits per heavy atom. The second kappa shape index (κ2) is 10.8. The molecule has 0 radical (unpaired) electrons. The first kappa shape index (κ1) is 25.1. The van der Waals surface area contributed by atoms with Crippen molar-refractivity contribution in [3.63, 3.8) is 0 Å². The summed E-state index contributed by atoms with van der Waals surface area (Å²) in [6.45, 7) is 1.77. The van der Waals surface area contributed by atoms with Crippen LogP contribution in [0.5, 0.6) is 0 Å². The van der Waals surface area contributed by atoms with Gasteiger partial charge in [0, 0.05) is 41.7 Å². The number of halogens is 3. The highest BCUT2D eigenvalue weighted by molar-refractivity contribution is 6.05. The Balaban J connectivity index is 1.51. The van der Waals surface area contributed by atoms with Crippen molar-refractivity contribution in [2.75, 3.05) is 0 Å². The van der Waals surface area contributed by atoms with Gasteiger partial charge in [-0.1, -0.05) is 29.4 Å². The topological polar surface area (TPSA) is 76.5 Å². The molecular weight excluding hydrogens is 493 g/mol. The molecule has 0 spiro atoms. The molecule has 1 amide bonds. The molecule has 38 heavy (non-hydrogen) atoms. The van der Waals surface area contributed by atoms with Crippen LogP contribution in [0, 0.1) is 12.7 Å². The van der Waals surface area contributed by atoms with E-state index in [0.717, 1.165) is 5.56 Å². The van der Waals surface area contributed by atoms with Crippen LogP contribution in [0.4, 0.5) is 13.2 Å². The second-order valence-electron chi connectivity index (χ2n) is 8.95. The predicted octanol–water partition coefficient (Wildman–Crippen LogP) is 6.19. The van der Waals surface area contributed by atoms with Gasteiger partial charge < -0.3 is 10.2 Å². The number of hydrogen-bond donors (Lipinski definition) is 1. The van der Waals surface area contributed by atoms with Crippen molar-refractivity contribution in [1.29, 1.82) is 0 Å². The zero-order valence-electron chi connectivity index (χ0n) is 20.3. The summed E-state index contributed by atoms with van der Waals surface area (Å²) in [5, 5.41) is 6.60. The van der Waals surface area contributed by atoms with Gasteiger partial charge in [0.15, 0.2) is 6.10 Å². The van der Waals surface area contributed by atoms with Gasteiger partial charge in [-0.15, -0.1) is 0 Å². The van der Waals surface area contributed by atoms with Crippen molar-refractivity contribution in [1.82, 2.24) is 15.3 Å². The maximum Gasteiger partial charge on any atom is 0.262 e. The van der Waals surface area contributed by atoms with Crippen LogP contribution in [-0.4, -0.2) is 28.0 Å². The smallest absolute Gasteiger partial charge is 0.262 e. The highest BCUT2D eigenvalue weighted by atomic mass is 19.3. The van der Waals surface area contributed by atoms with Gasteiger partial charge in [-0.05, 0) is 66.1 Å². The van der Waals surface area contributed by atoms with Crippen LogP contribution in [0.2, 0.25) is 0 Å². The molecule has 9 heteroatoms. The van der Waals surface area contributed by atoms with Crippen molar-refractivity contribution in [3.8, 4) is 11.1 Å². The van der Waals surface area contributed by atoms with Crippen molar-refractivity contribution in [2.24, 2.45) is 5.16 Å². The maximum atomic E-state index is 14.9. The van der Waals surface area contributed by atoms with Gasteiger partial charge in [0.25, 0.3) is 12.3 Å². The summed E-state index contributed by atoms with van der Waals surface area (Å²) in [4.78, 5) is 27.0. The van der Waals surface area contributed by atoms with E-state index in [4.69, 9.17) is 4.84 Å². The summed E-state index contributed by atoms with van der Waals surface area (Å²) in [7, 11) is 0. The Morgan fingerprint density at radius 1 is 1.03 bits per heavy atom. The normalized spacial score (nSPS) is 15.6. The van der Waals surface area contributed by atoms with Gasteiger partial charge in [-0.3, -0.25) is 14.8 Å². The lowest BCUT2D eigenvalue weighted by Crippen LogP contribution is -2.33. The Labute approximate surface area is 217 Å². The maximum absolute atomic E-state index is 14.9. The molecule has 6 nitrogen and oxygen atoms in total. The molecule has 1 aliphatic heterocycles. The molecule has 2 aromatic carbocycles. The van der Waals surface area contributed by atoms with Crippen LogP contribution in [0.3, 0.4) is 0 Å². The fourth-order valence-corrected chi connectivity index (χ4v) is 4.28. The molecule has 5 rings (SSSR count). The average molecular weight is 517 g/mol. The molecule has 0 bridgehead atoms. The van der Waals surface area contributed by atoms with E-state index in [1.165, 1.54) is 36.7 Å². The minimum Gasteiger partial charge on any atom is -0.385 e. The Kier molecular flexibility index (Phi) is 7.17. The second-order valence-corrected chi connectivity index (χ2v) is 8.95. The fraction of sp³-hybridized carbons (Fsp3) is 0.172. The van der Waals surface area contributed by atoms with Gasteiger partial charge in [0.1, 0.15) is 11.9 Å².